The lowest BCUT2D eigenvalue weighted by atomic mass is 9.91. The van der Waals surface area contributed by atoms with Gasteiger partial charge in [-0.25, -0.2) is 0 Å². The maximum absolute atomic E-state index is 15.4. The molecule has 2 aromatic carbocycles. The molecule has 10 heteroatoms. The van der Waals surface area contributed by atoms with Gasteiger partial charge in [0, 0.05) is 57.8 Å². The Kier molecular flexibility index (Phi) is 5.54. The zero-order chi connectivity index (χ0) is 25.5. The molecule has 5 rings (SSSR count). The zero-order valence-electron chi connectivity index (χ0n) is 18.1. The van der Waals surface area contributed by atoms with Crippen molar-refractivity contribution in [1.29, 1.82) is 0 Å². The Morgan fingerprint density at radius 1 is 0.800 bits per heavy atom. The SMILES string of the molecule is Cc1sc2ccccc2c1C1=C(c2c(C)sc3cc(C(=O)CBr)ccc23)C(F)(F)C(F)(F)C1(F)F. The average molecular weight is 589 g/mol. The summed E-state index contributed by atoms with van der Waals surface area (Å²) in [7, 11) is 0. The van der Waals surface area contributed by atoms with Gasteiger partial charge in [0.2, 0.25) is 0 Å². The summed E-state index contributed by atoms with van der Waals surface area (Å²) in [4.78, 5) is 12.5. The molecule has 0 bridgehead atoms. The highest BCUT2D eigenvalue weighted by atomic mass is 79.9. The second-order valence-electron chi connectivity index (χ2n) is 8.30. The number of aryl methyl sites for hydroxylation is 2. The van der Waals surface area contributed by atoms with Crippen LogP contribution in [0.3, 0.4) is 0 Å². The van der Waals surface area contributed by atoms with Crippen molar-refractivity contribution >= 4 is 75.7 Å². The van der Waals surface area contributed by atoms with Crippen molar-refractivity contribution in [3.05, 3.63) is 68.9 Å². The maximum atomic E-state index is 15.4. The summed E-state index contributed by atoms with van der Waals surface area (Å²) in [5, 5.41) is 0.376. The Morgan fingerprint density at radius 2 is 1.31 bits per heavy atom. The van der Waals surface area contributed by atoms with Crippen LogP contribution < -0.4 is 0 Å². The van der Waals surface area contributed by atoms with E-state index in [9.17, 15) is 13.6 Å². The lowest BCUT2D eigenvalue weighted by Gasteiger charge is -2.26. The van der Waals surface area contributed by atoms with Crippen molar-refractivity contribution in [2.45, 2.75) is 31.6 Å². The highest BCUT2D eigenvalue weighted by molar-refractivity contribution is 9.09. The van der Waals surface area contributed by atoms with Gasteiger partial charge in [-0.1, -0.05) is 46.3 Å². The molecule has 0 aliphatic heterocycles. The minimum Gasteiger partial charge on any atom is -0.293 e. The van der Waals surface area contributed by atoms with Crippen LogP contribution in [0.25, 0.3) is 31.3 Å². The van der Waals surface area contributed by atoms with Crippen LogP contribution in [0.5, 0.6) is 0 Å². The number of fused-ring (bicyclic) bond motifs is 2. The number of halogens is 7. The molecule has 0 amide bonds. The van der Waals surface area contributed by atoms with E-state index in [0.29, 0.717) is 15.0 Å². The Hall–Kier alpha value is -2.17. The van der Waals surface area contributed by atoms with E-state index in [4.69, 9.17) is 0 Å². The lowest BCUT2D eigenvalue weighted by Crippen LogP contribution is -2.48. The Balaban J connectivity index is 1.93. The molecule has 0 fully saturated rings. The molecule has 182 valence electrons. The quantitative estimate of drug-likeness (QED) is 0.132. The molecular weight excluding hydrogens is 574 g/mol. The minimum atomic E-state index is -5.63. The maximum Gasteiger partial charge on any atom is 0.380 e. The number of ketones is 1. The van der Waals surface area contributed by atoms with Crippen LogP contribution in [0, 0.1) is 13.8 Å². The van der Waals surface area contributed by atoms with Crippen LogP contribution in [0.1, 0.15) is 31.2 Å². The van der Waals surface area contributed by atoms with E-state index in [1.807, 2.05) is 0 Å². The van der Waals surface area contributed by atoms with Crippen molar-refractivity contribution in [2.75, 3.05) is 5.33 Å². The number of carbonyl (C=O) groups excluding carboxylic acids is 1. The van der Waals surface area contributed by atoms with Gasteiger partial charge in [-0.3, -0.25) is 4.79 Å². The first-order chi connectivity index (χ1) is 16.3. The fraction of sp³-hybridized carbons (Fsp3) is 0.240. The zero-order valence-corrected chi connectivity index (χ0v) is 21.3. The van der Waals surface area contributed by atoms with Crippen LogP contribution in [-0.2, 0) is 0 Å². The molecular formula is C25H15BrF6OS2. The van der Waals surface area contributed by atoms with Gasteiger partial charge in [-0.2, -0.15) is 26.3 Å². The molecule has 1 nitrogen and oxygen atoms in total. The van der Waals surface area contributed by atoms with E-state index in [0.717, 1.165) is 22.7 Å². The normalized spacial score (nSPS) is 18.7. The number of Topliss-reactive ketones (excluding diaryl/α,β-unsaturated/α-hetero) is 1. The first-order valence-corrected chi connectivity index (χ1v) is 13.1. The van der Waals surface area contributed by atoms with Crippen molar-refractivity contribution < 1.29 is 31.1 Å². The summed E-state index contributed by atoms with van der Waals surface area (Å²) in [5.41, 5.74) is -3.03. The monoisotopic (exact) mass is 588 g/mol. The summed E-state index contributed by atoms with van der Waals surface area (Å²) in [5.74, 6) is -16.1. The van der Waals surface area contributed by atoms with Gasteiger partial charge in [0.1, 0.15) is 0 Å². The van der Waals surface area contributed by atoms with Gasteiger partial charge in [-0.15, -0.1) is 22.7 Å². The first-order valence-electron chi connectivity index (χ1n) is 10.3. The van der Waals surface area contributed by atoms with E-state index in [1.54, 1.807) is 18.2 Å². The van der Waals surface area contributed by atoms with Crippen LogP contribution in [0.2, 0.25) is 0 Å². The number of hydrogen-bond donors (Lipinski definition) is 0. The molecule has 0 spiro atoms. The van der Waals surface area contributed by atoms with Crippen molar-refractivity contribution in [2.24, 2.45) is 0 Å². The molecule has 1 aliphatic carbocycles. The average Bonchev–Trinajstić information content (AvgIpc) is 3.33. The van der Waals surface area contributed by atoms with Gasteiger partial charge < -0.3 is 0 Å². The number of rotatable bonds is 4. The number of thiophene rings is 2. The van der Waals surface area contributed by atoms with Gasteiger partial charge in [0.05, 0.1) is 5.33 Å². The summed E-state index contributed by atoms with van der Waals surface area (Å²) >= 11 is 5.15. The molecule has 0 saturated carbocycles. The van der Waals surface area contributed by atoms with Gasteiger partial charge >= 0.3 is 17.8 Å². The van der Waals surface area contributed by atoms with E-state index in [2.05, 4.69) is 15.9 Å². The highest BCUT2D eigenvalue weighted by Crippen LogP contribution is 2.67. The smallest absolute Gasteiger partial charge is 0.293 e. The predicted molar refractivity (Wildman–Crippen MR) is 133 cm³/mol. The van der Waals surface area contributed by atoms with Crippen LogP contribution in [0.4, 0.5) is 26.3 Å². The number of allylic oxidation sites excluding steroid dienone is 2. The van der Waals surface area contributed by atoms with E-state index < -0.39 is 28.9 Å². The fourth-order valence-electron chi connectivity index (χ4n) is 4.65. The first kappa shape index (κ1) is 24.5. The van der Waals surface area contributed by atoms with Crippen LogP contribution >= 0.6 is 38.6 Å². The van der Waals surface area contributed by atoms with Crippen molar-refractivity contribution in [3.8, 4) is 0 Å². The van der Waals surface area contributed by atoms with Gasteiger partial charge in [0.25, 0.3) is 0 Å². The largest absolute Gasteiger partial charge is 0.380 e. The second-order valence-corrected chi connectivity index (χ2v) is 11.4. The molecule has 2 heterocycles. The summed E-state index contributed by atoms with van der Waals surface area (Å²) in [6.07, 6.45) is 0. The van der Waals surface area contributed by atoms with Crippen LogP contribution in [0.15, 0.2) is 42.5 Å². The molecule has 35 heavy (non-hydrogen) atoms. The predicted octanol–water partition coefficient (Wildman–Crippen LogP) is 9.14. The summed E-state index contributed by atoms with van der Waals surface area (Å²) in [6.45, 7) is 2.89. The number of carbonyl (C=O) groups is 1. The fourth-order valence-corrected chi connectivity index (χ4v) is 7.15. The Labute approximate surface area is 212 Å². The molecule has 2 aromatic heterocycles. The van der Waals surface area contributed by atoms with Crippen molar-refractivity contribution in [1.82, 2.24) is 0 Å². The molecule has 0 atom stereocenters. The van der Waals surface area contributed by atoms with Gasteiger partial charge in [-0.05, 0) is 26.0 Å². The summed E-state index contributed by atoms with van der Waals surface area (Å²) < 4.78 is 92.4. The Bertz CT molecular complexity index is 1560. The second kappa shape index (κ2) is 7.91. The standard InChI is InChI=1S/C25H15BrF6OS2/c1-11-19(14-5-3-4-6-17(14)34-11)21-22(24(29,30)25(31,32)23(21,27)28)20-12(2)35-18-9-13(16(33)10-26)7-8-15(18)20/h3-9H,10H2,1-2H3. The van der Waals surface area contributed by atoms with Gasteiger partial charge in [0.15, 0.2) is 5.78 Å². The third-order valence-electron chi connectivity index (χ3n) is 6.25. The summed E-state index contributed by atoms with van der Waals surface area (Å²) in [6, 6.07) is 10.5. The third-order valence-corrected chi connectivity index (χ3v) is 8.91. The van der Waals surface area contributed by atoms with E-state index in [1.165, 1.54) is 38.1 Å². The topological polar surface area (TPSA) is 17.1 Å². The van der Waals surface area contributed by atoms with E-state index in [-0.39, 0.29) is 42.8 Å². The minimum absolute atomic E-state index is 0.0338. The molecule has 0 saturated heterocycles. The molecule has 1 aliphatic rings. The lowest BCUT2D eigenvalue weighted by molar-refractivity contribution is -0.254. The number of hydrogen-bond acceptors (Lipinski definition) is 3. The third kappa shape index (κ3) is 3.22. The number of benzene rings is 2. The molecule has 0 N–H and O–H groups in total. The Morgan fingerprint density at radius 3 is 1.89 bits per heavy atom. The van der Waals surface area contributed by atoms with E-state index >= 15 is 17.6 Å². The number of alkyl halides is 7. The van der Waals surface area contributed by atoms with Crippen LogP contribution in [-0.4, -0.2) is 28.9 Å². The highest BCUT2D eigenvalue weighted by Gasteiger charge is 2.80. The molecule has 4 aromatic rings. The van der Waals surface area contributed by atoms with Crippen molar-refractivity contribution in [3.63, 3.8) is 0 Å². The molecule has 0 unspecified atom stereocenters. The molecule has 0 radical (unpaired) electrons.